The standard InChI is InChI=1S/C74H89F2N15O14/c1-41-66(97)86-58(29-47-37-80-55-19-15-49(75)32-53(47)55)68(99)87-59(30-48-38-81-56-20-16-50(76)33-54(48)56)69(100)89-61(35-65(95)96)71(102)88-60(34-51-39-78-40-83-51)70(101)90-62(28-44-13-17-52(105-4)18-14-44)72(103)91-27-7-24-74(91,3)73(104)79-26-23-43-9-11-45(12-10-43)36-82-64(94)22-21-57(85-42(2)92)63(93)31-46(67(98)84-41)8-5-6-25-77/h9-20,32-33,37-41,46,57-62,80-81H,5-8,21-31,34-36,77H2,1-4H3,(H,78,83)(H,79,104)(H,82,94)(H,84,98)(H,85,92)(H,86,97)(H,87,99)(H,88,102)(H,89,100)(H,90,101)(H,95,96)/t41-,46-,57+,58+,59+,60-,61+,62+,74+/m1/s1. The predicted octanol–water partition coefficient (Wildman–Crippen LogP) is 2.69. The number of nitrogens with zero attached hydrogens (tertiary/aromatic N) is 2. The lowest BCUT2D eigenvalue weighted by Gasteiger charge is -2.36. The van der Waals surface area contributed by atoms with Gasteiger partial charge in [0, 0.05) is 117 Å². The molecular weight excluding hydrogens is 1360 g/mol. The van der Waals surface area contributed by atoms with E-state index in [1.165, 1.54) is 81.1 Å². The zero-order chi connectivity index (χ0) is 75.5. The number of fused-ring (bicyclic) bond motifs is 34. The lowest BCUT2D eigenvalue weighted by molar-refractivity contribution is -0.146. The number of halogens is 2. The van der Waals surface area contributed by atoms with Crippen molar-refractivity contribution in [1.29, 1.82) is 0 Å². The van der Waals surface area contributed by atoms with Gasteiger partial charge in [-0.15, -0.1) is 0 Å². The molecule has 3 aliphatic rings. The Balaban J connectivity index is 1.07. The van der Waals surface area contributed by atoms with E-state index in [1.54, 1.807) is 43.3 Å². The van der Waals surface area contributed by atoms with Gasteiger partial charge in [-0.1, -0.05) is 42.8 Å². The van der Waals surface area contributed by atoms with Crippen molar-refractivity contribution >= 4 is 92.6 Å². The van der Waals surface area contributed by atoms with Crippen LogP contribution in [0.15, 0.2) is 110 Å². The Labute approximate surface area is 603 Å². The minimum atomic E-state index is -2.04. The molecule has 3 aliphatic heterocycles. The number of benzene rings is 4. The maximum absolute atomic E-state index is 15.2. The number of aromatic nitrogens is 4. The van der Waals surface area contributed by atoms with Crippen molar-refractivity contribution in [2.75, 3.05) is 26.7 Å². The summed E-state index contributed by atoms with van der Waals surface area (Å²) < 4.78 is 35.4. The molecule has 1 saturated heterocycles. The van der Waals surface area contributed by atoms with Gasteiger partial charge in [0.25, 0.3) is 0 Å². The Morgan fingerprint density at radius 1 is 0.676 bits per heavy atom. The summed E-state index contributed by atoms with van der Waals surface area (Å²) in [6, 6.07) is 10.2. The van der Waals surface area contributed by atoms with Gasteiger partial charge in [-0.25, -0.2) is 13.8 Å². The molecule has 0 radical (unpaired) electrons. The Kier molecular flexibility index (Phi) is 26.8. The Bertz CT molecular complexity index is 4300. The van der Waals surface area contributed by atoms with Crippen LogP contribution in [0.5, 0.6) is 5.75 Å². The summed E-state index contributed by atoms with van der Waals surface area (Å²) in [6.45, 7) is 4.74. The number of carboxylic acids is 1. The van der Waals surface area contributed by atoms with E-state index in [0.717, 1.165) is 17.2 Å². The highest BCUT2D eigenvalue weighted by Gasteiger charge is 2.48. The number of carbonyl (C=O) groups excluding carboxylic acids is 11. The number of ketones is 1. The summed E-state index contributed by atoms with van der Waals surface area (Å²) >= 11 is 0. The largest absolute Gasteiger partial charge is 0.497 e. The van der Waals surface area contributed by atoms with E-state index in [0.29, 0.717) is 53.4 Å². The maximum Gasteiger partial charge on any atom is 0.305 e. The number of imidazole rings is 1. The van der Waals surface area contributed by atoms with Crippen molar-refractivity contribution in [2.45, 2.75) is 165 Å². The van der Waals surface area contributed by atoms with E-state index in [2.05, 4.69) is 67.8 Å². The topological polar surface area (TPSA) is 432 Å². The van der Waals surface area contributed by atoms with E-state index in [-0.39, 0.29) is 86.9 Å². The van der Waals surface area contributed by atoms with Crippen molar-refractivity contribution < 1.29 is 76.2 Å². The molecule has 0 aliphatic carbocycles. The molecule has 31 heteroatoms. The van der Waals surface area contributed by atoms with Gasteiger partial charge in [0.1, 0.15) is 59.2 Å². The molecule has 0 unspecified atom stereocenters. The summed E-state index contributed by atoms with van der Waals surface area (Å²) in [4.78, 5) is 186. The third-order valence-electron chi connectivity index (χ3n) is 19.0. The first kappa shape index (κ1) is 77.8. The van der Waals surface area contributed by atoms with E-state index in [9.17, 15) is 47.9 Å². The number of aromatic amines is 3. The molecule has 105 heavy (non-hydrogen) atoms. The van der Waals surface area contributed by atoms with Gasteiger partial charge in [0.2, 0.25) is 59.1 Å². The number of rotatable bonds is 16. The molecule has 7 aromatic rings. The summed E-state index contributed by atoms with van der Waals surface area (Å²) in [7, 11) is 1.47. The second-order valence-corrected chi connectivity index (χ2v) is 26.8. The lowest BCUT2D eigenvalue weighted by Crippen LogP contribution is -2.62. The normalized spacial score (nSPS) is 23.0. The van der Waals surface area contributed by atoms with E-state index in [1.807, 2.05) is 12.1 Å². The average molecular weight is 1450 g/mol. The maximum atomic E-state index is 15.2. The smallest absolute Gasteiger partial charge is 0.305 e. The molecule has 6 heterocycles. The quantitative estimate of drug-likeness (QED) is 0.0488. The van der Waals surface area contributed by atoms with Crippen LogP contribution in [0.25, 0.3) is 21.8 Å². The van der Waals surface area contributed by atoms with E-state index >= 15 is 23.6 Å². The zero-order valence-electron chi connectivity index (χ0n) is 58.7. The minimum Gasteiger partial charge on any atom is -0.497 e. The highest BCUT2D eigenvalue weighted by atomic mass is 19.1. The van der Waals surface area contributed by atoms with Gasteiger partial charge in [-0.05, 0) is 135 Å². The Hall–Kier alpha value is -11.4. The second-order valence-electron chi connectivity index (χ2n) is 26.8. The third kappa shape index (κ3) is 21.2. The van der Waals surface area contributed by atoms with Crippen LogP contribution in [0.4, 0.5) is 8.78 Å². The number of ether oxygens (including phenoxy) is 1. The first-order chi connectivity index (χ1) is 50.3. The molecule has 9 atom stereocenters. The van der Waals surface area contributed by atoms with Crippen LogP contribution >= 0.6 is 0 Å². The second kappa shape index (κ2) is 36.2. The van der Waals surface area contributed by atoms with Crippen LogP contribution in [0.1, 0.15) is 112 Å². The molecule has 2 bridgehead atoms. The van der Waals surface area contributed by atoms with Crippen molar-refractivity contribution in [3.8, 4) is 5.75 Å². The number of hydrogen-bond acceptors (Lipinski definition) is 15. The first-order valence-electron chi connectivity index (χ1n) is 34.9. The fraction of sp³-hybridized carbons (Fsp3) is 0.419. The number of nitrogens with one attached hydrogen (secondary N) is 12. The van der Waals surface area contributed by atoms with Gasteiger partial charge in [0.05, 0.1) is 25.9 Å². The van der Waals surface area contributed by atoms with Gasteiger partial charge < -0.3 is 83.3 Å². The van der Waals surface area contributed by atoms with Crippen molar-refractivity contribution in [1.82, 2.24) is 72.7 Å². The first-order valence-corrected chi connectivity index (χ1v) is 34.9. The van der Waals surface area contributed by atoms with E-state index < -0.39 is 162 Å². The lowest BCUT2D eigenvalue weighted by atomic mass is 9.91. The molecule has 0 spiro atoms. The molecule has 558 valence electrons. The number of nitrogens with two attached hydrogens (primary N) is 1. The minimum absolute atomic E-state index is 0.0971. The SMILES string of the molecule is COc1ccc(C[C@@H]2NC(=O)[C@@H](Cc3cnc[nH]3)NC(=O)[C@H](CC(=O)O)NC(=O)[C@H](Cc3c[nH]c4ccc(F)cc34)NC(=O)[C@H](Cc3c[nH]c4ccc(F)cc34)NC(=O)[C@@H](C)NC(=O)[C@H](CCCCN)CC(=O)[C@@H](NC(C)=O)CCC(=O)NCc3ccc(cc3)CCNC(=O)[C@]3(C)CCCN3C2=O)cc1. The number of methoxy groups -OCH3 is 1. The molecule has 10 amide bonds. The number of H-pyrrole nitrogens is 3. The highest BCUT2D eigenvalue weighted by molar-refractivity contribution is 6.01. The fourth-order valence-electron chi connectivity index (χ4n) is 13.1. The van der Waals surface area contributed by atoms with Crippen LogP contribution in [0.2, 0.25) is 0 Å². The monoisotopic (exact) mass is 1450 g/mol. The highest BCUT2D eigenvalue weighted by Crippen LogP contribution is 2.31. The molecule has 15 N–H and O–H groups in total. The molecule has 3 aromatic heterocycles. The number of hydrogen-bond donors (Lipinski definition) is 14. The number of carbonyl (C=O) groups is 12. The van der Waals surface area contributed by atoms with Gasteiger partial charge in [0.15, 0.2) is 5.78 Å². The van der Waals surface area contributed by atoms with Gasteiger partial charge in [-0.3, -0.25) is 57.5 Å². The van der Waals surface area contributed by atoms with Crippen molar-refractivity contribution in [2.24, 2.45) is 11.7 Å². The number of amides is 10. The Morgan fingerprint density at radius 2 is 1.26 bits per heavy atom. The zero-order valence-corrected chi connectivity index (χ0v) is 58.7. The summed E-state index contributed by atoms with van der Waals surface area (Å²) in [5.74, 6) is -12.5. The molecule has 1 fully saturated rings. The summed E-state index contributed by atoms with van der Waals surface area (Å²) in [5.41, 5.74) is 8.15. The third-order valence-corrected chi connectivity index (χ3v) is 19.0. The van der Waals surface area contributed by atoms with E-state index in [4.69, 9.17) is 10.5 Å². The molecule has 29 nitrogen and oxygen atoms in total. The van der Waals surface area contributed by atoms with Crippen LogP contribution in [0, 0.1) is 17.6 Å². The van der Waals surface area contributed by atoms with Crippen molar-refractivity contribution in [3.05, 3.63) is 155 Å². The predicted molar refractivity (Wildman–Crippen MR) is 380 cm³/mol. The summed E-state index contributed by atoms with van der Waals surface area (Å²) in [5, 5.41) is 35.1. The van der Waals surface area contributed by atoms with Gasteiger partial charge in [-0.2, -0.15) is 0 Å². The molecule has 4 aromatic carbocycles. The van der Waals surface area contributed by atoms with Crippen molar-refractivity contribution in [3.63, 3.8) is 0 Å². The Morgan fingerprint density at radius 3 is 1.84 bits per heavy atom. The van der Waals surface area contributed by atoms with Crippen LogP contribution in [0.3, 0.4) is 0 Å². The molecule has 10 rings (SSSR count). The molecular formula is C74H89F2N15O14. The van der Waals surface area contributed by atoms with Crippen LogP contribution in [-0.2, 0) is 96.2 Å². The average Bonchev–Trinajstić information content (AvgIpc) is 1.69. The number of unbranched alkanes of at least 4 members (excludes halogenated alkanes) is 1. The fourth-order valence-corrected chi connectivity index (χ4v) is 13.1. The van der Waals surface area contributed by atoms with Gasteiger partial charge >= 0.3 is 5.97 Å². The number of carboxylic acid groups (broad SMARTS) is 1. The number of aliphatic carboxylic acids is 1. The van der Waals surface area contributed by atoms with Crippen LogP contribution in [-0.4, -0.2) is 175 Å². The summed E-state index contributed by atoms with van der Waals surface area (Å²) in [6.07, 6.45) is 4.20. The number of Topliss-reactive ketones (excluding diaryl/α,β-unsaturated/α-hetero) is 1. The van der Waals surface area contributed by atoms with Crippen LogP contribution < -0.4 is 58.3 Å². The molecule has 0 saturated carbocycles.